The molecular formula is C21H22N2. The van der Waals surface area contributed by atoms with Gasteiger partial charge in [0.25, 0.3) is 0 Å². The fourth-order valence-corrected chi connectivity index (χ4v) is 4.01. The van der Waals surface area contributed by atoms with Crippen LogP contribution in [0.15, 0.2) is 77.8 Å². The zero-order chi connectivity index (χ0) is 15.5. The van der Waals surface area contributed by atoms with E-state index in [9.17, 15) is 0 Å². The Morgan fingerprint density at radius 3 is 2.39 bits per heavy atom. The first-order valence-electron chi connectivity index (χ1n) is 8.45. The number of hydrogen-bond donors (Lipinski definition) is 1. The van der Waals surface area contributed by atoms with Crippen LogP contribution in [0.4, 0.5) is 0 Å². The molecule has 2 heterocycles. The molecule has 2 aliphatic heterocycles. The molecule has 2 heteroatoms. The Bertz CT molecular complexity index is 691. The van der Waals surface area contributed by atoms with Gasteiger partial charge in [0.15, 0.2) is 0 Å². The van der Waals surface area contributed by atoms with Crippen molar-refractivity contribution in [3.8, 4) is 0 Å². The number of benzene rings is 2. The number of nitrogens with one attached hydrogen (secondary N) is 1. The molecule has 0 bridgehead atoms. The van der Waals surface area contributed by atoms with Crippen molar-refractivity contribution in [2.24, 2.45) is 10.9 Å². The van der Waals surface area contributed by atoms with E-state index in [2.05, 4.69) is 78.1 Å². The minimum atomic E-state index is -0.184. The normalized spacial score (nSPS) is 29.7. The van der Waals surface area contributed by atoms with Gasteiger partial charge >= 0.3 is 0 Å². The van der Waals surface area contributed by atoms with Crippen LogP contribution in [0.25, 0.3) is 0 Å². The van der Waals surface area contributed by atoms with Gasteiger partial charge in [-0.1, -0.05) is 66.7 Å². The SMILES string of the molecule is C1=CC(c2ccccc2)(C2CCNC(c3ccccc3)C2)N=C1. The number of aliphatic imine (C=N–C) groups is 1. The maximum absolute atomic E-state index is 4.93. The fourth-order valence-electron chi connectivity index (χ4n) is 4.01. The van der Waals surface area contributed by atoms with Gasteiger partial charge in [-0.25, -0.2) is 0 Å². The van der Waals surface area contributed by atoms with E-state index in [0.717, 1.165) is 19.4 Å². The highest BCUT2D eigenvalue weighted by Gasteiger charge is 2.41. The first-order chi connectivity index (χ1) is 11.4. The number of hydrogen-bond acceptors (Lipinski definition) is 2. The van der Waals surface area contributed by atoms with Crippen LogP contribution in [-0.4, -0.2) is 12.8 Å². The van der Waals surface area contributed by atoms with Gasteiger partial charge in [0.05, 0.1) is 0 Å². The van der Waals surface area contributed by atoms with Crippen molar-refractivity contribution in [2.45, 2.75) is 24.4 Å². The Morgan fingerprint density at radius 1 is 0.957 bits per heavy atom. The van der Waals surface area contributed by atoms with Crippen molar-refractivity contribution in [1.82, 2.24) is 5.32 Å². The Balaban J connectivity index is 1.65. The van der Waals surface area contributed by atoms with Crippen LogP contribution < -0.4 is 5.32 Å². The second kappa shape index (κ2) is 6.13. The van der Waals surface area contributed by atoms with Gasteiger partial charge < -0.3 is 5.32 Å². The van der Waals surface area contributed by atoms with Crippen LogP contribution in [-0.2, 0) is 5.54 Å². The van der Waals surface area contributed by atoms with Crippen molar-refractivity contribution in [2.75, 3.05) is 6.54 Å². The lowest BCUT2D eigenvalue weighted by Gasteiger charge is -2.40. The van der Waals surface area contributed by atoms with Gasteiger partial charge in [-0.05, 0) is 42.5 Å². The van der Waals surface area contributed by atoms with Gasteiger partial charge in [0.2, 0.25) is 0 Å². The van der Waals surface area contributed by atoms with Crippen molar-refractivity contribution >= 4 is 6.21 Å². The van der Waals surface area contributed by atoms with E-state index in [1.807, 2.05) is 6.21 Å². The zero-order valence-electron chi connectivity index (χ0n) is 13.2. The van der Waals surface area contributed by atoms with Gasteiger partial charge in [0.1, 0.15) is 5.54 Å². The van der Waals surface area contributed by atoms with Crippen LogP contribution in [0.2, 0.25) is 0 Å². The lowest BCUT2D eigenvalue weighted by molar-refractivity contribution is 0.226. The Labute approximate surface area is 138 Å². The minimum absolute atomic E-state index is 0.184. The molecule has 3 unspecified atom stereocenters. The predicted octanol–water partition coefficient (Wildman–Crippen LogP) is 4.26. The molecule has 23 heavy (non-hydrogen) atoms. The lowest BCUT2D eigenvalue weighted by Crippen LogP contribution is -2.40. The molecule has 4 rings (SSSR count). The zero-order valence-corrected chi connectivity index (χ0v) is 13.2. The highest BCUT2D eigenvalue weighted by atomic mass is 15.0. The molecule has 3 atom stereocenters. The summed E-state index contributed by atoms with van der Waals surface area (Å²) in [6.07, 6.45) is 8.62. The van der Waals surface area contributed by atoms with Crippen molar-refractivity contribution in [3.05, 3.63) is 83.9 Å². The van der Waals surface area contributed by atoms with Crippen LogP contribution in [0, 0.1) is 5.92 Å². The quantitative estimate of drug-likeness (QED) is 0.900. The summed E-state index contributed by atoms with van der Waals surface area (Å²) in [4.78, 5) is 4.93. The first kappa shape index (κ1) is 14.4. The monoisotopic (exact) mass is 302 g/mol. The second-order valence-electron chi connectivity index (χ2n) is 6.47. The molecule has 1 N–H and O–H groups in total. The summed E-state index contributed by atoms with van der Waals surface area (Å²) >= 11 is 0. The maximum Gasteiger partial charge on any atom is 0.107 e. The molecule has 2 nitrogen and oxygen atoms in total. The van der Waals surface area contributed by atoms with E-state index < -0.39 is 0 Å². The highest BCUT2D eigenvalue weighted by molar-refractivity contribution is 5.76. The highest BCUT2D eigenvalue weighted by Crippen LogP contribution is 2.44. The smallest absolute Gasteiger partial charge is 0.107 e. The van der Waals surface area contributed by atoms with Crippen LogP contribution in [0.5, 0.6) is 0 Å². The van der Waals surface area contributed by atoms with Crippen LogP contribution >= 0.6 is 0 Å². The van der Waals surface area contributed by atoms with E-state index in [1.54, 1.807) is 0 Å². The summed E-state index contributed by atoms with van der Waals surface area (Å²) in [5.74, 6) is 0.520. The number of rotatable bonds is 3. The van der Waals surface area contributed by atoms with Crippen molar-refractivity contribution in [1.29, 1.82) is 0 Å². The van der Waals surface area contributed by atoms with E-state index in [-0.39, 0.29) is 5.54 Å². The predicted molar refractivity (Wildman–Crippen MR) is 95.7 cm³/mol. The second-order valence-corrected chi connectivity index (χ2v) is 6.47. The molecule has 2 aromatic rings. The molecular weight excluding hydrogens is 280 g/mol. The third-order valence-corrected chi connectivity index (χ3v) is 5.19. The molecule has 0 saturated carbocycles. The van der Waals surface area contributed by atoms with Gasteiger partial charge in [-0.3, -0.25) is 4.99 Å². The Kier molecular flexibility index (Phi) is 3.84. The Hall–Kier alpha value is -2.19. The van der Waals surface area contributed by atoms with E-state index in [1.165, 1.54) is 11.1 Å². The largest absolute Gasteiger partial charge is 0.310 e. The standard InChI is InChI=1S/C21H22N2/c1-3-8-17(9-4-1)20-16-19(12-15-22-20)21(13-7-14-23-21)18-10-5-2-6-11-18/h1-11,13-14,19-20,22H,12,15-16H2. The first-order valence-corrected chi connectivity index (χ1v) is 8.45. The third kappa shape index (κ3) is 2.64. The topological polar surface area (TPSA) is 24.4 Å². The summed E-state index contributed by atoms with van der Waals surface area (Å²) in [5, 5.41) is 3.68. The van der Waals surface area contributed by atoms with E-state index in [0.29, 0.717) is 12.0 Å². The summed E-state index contributed by atoms with van der Waals surface area (Å²) in [7, 11) is 0. The minimum Gasteiger partial charge on any atom is -0.310 e. The average molecular weight is 302 g/mol. The summed E-state index contributed by atoms with van der Waals surface area (Å²) in [5.41, 5.74) is 2.51. The average Bonchev–Trinajstić information content (AvgIpc) is 3.15. The Morgan fingerprint density at radius 2 is 1.70 bits per heavy atom. The fraction of sp³-hybridized carbons (Fsp3) is 0.286. The molecule has 0 aromatic heterocycles. The third-order valence-electron chi connectivity index (χ3n) is 5.19. The summed E-state index contributed by atoms with van der Waals surface area (Å²) in [6.45, 7) is 1.04. The molecule has 0 radical (unpaired) electrons. The lowest BCUT2D eigenvalue weighted by atomic mass is 9.72. The van der Waals surface area contributed by atoms with Crippen LogP contribution in [0.3, 0.4) is 0 Å². The van der Waals surface area contributed by atoms with Crippen LogP contribution in [0.1, 0.15) is 30.0 Å². The number of allylic oxidation sites excluding steroid dienone is 1. The summed E-state index contributed by atoms with van der Waals surface area (Å²) < 4.78 is 0. The molecule has 1 saturated heterocycles. The number of piperidine rings is 1. The number of nitrogens with zero attached hydrogens (tertiary/aromatic N) is 1. The van der Waals surface area contributed by atoms with E-state index in [4.69, 9.17) is 4.99 Å². The summed E-state index contributed by atoms with van der Waals surface area (Å²) in [6, 6.07) is 21.9. The van der Waals surface area contributed by atoms with E-state index >= 15 is 0 Å². The van der Waals surface area contributed by atoms with Gasteiger partial charge in [-0.2, -0.15) is 0 Å². The maximum atomic E-state index is 4.93. The van der Waals surface area contributed by atoms with Crippen molar-refractivity contribution < 1.29 is 0 Å². The molecule has 2 aliphatic rings. The molecule has 0 amide bonds. The molecule has 116 valence electrons. The van der Waals surface area contributed by atoms with Gasteiger partial charge in [0, 0.05) is 12.3 Å². The van der Waals surface area contributed by atoms with Crippen molar-refractivity contribution in [3.63, 3.8) is 0 Å². The molecule has 2 aromatic carbocycles. The van der Waals surface area contributed by atoms with Gasteiger partial charge in [-0.15, -0.1) is 0 Å². The molecule has 1 fully saturated rings. The molecule has 0 spiro atoms. The molecule has 0 aliphatic carbocycles.